The number of nitrogens with zero attached hydrogens (tertiary/aromatic N) is 2. The average molecular weight is 254 g/mol. The first-order valence-corrected chi connectivity index (χ1v) is 6.82. The highest BCUT2D eigenvalue weighted by Gasteiger charge is 2.38. The zero-order chi connectivity index (χ0) is 13.1. The van der Waals surface area contributed by atoms with Gasteiger partial charge in [-0.05, 0) is 12.8 Å². The number of carboxylic acids is 1. The molecule has 5 heteroatoms. The predicted octanol–water partition coefficient (Wildman–Crippen LogP) is 0.936. The van der Waals surface area contributed by atoms with Crippen LogP contribution in [0.4, 0.5) is 0 Å². The van der Waals surface area contributed by atoms with Crippen molar-refractivity contribution < 1.29 is 14.7 Å². The third-order valence-electron chi connectivity index (χ3n) is 4.17. The van der Waals surface area contributed by atoms with Crippen molar-refractivity contribution in [1.29, 1.82) is 0 Å². The molecule has 18 heavy (non-hydrogen) atoms. The van der Waals surface area contributed by atoms with Gasteiger partial charge in [-0.3, -0.25) is 14.5 Å². The highest BCUT2D eigenvalue weighted by Crippen LogP contribution is 2.25. The fourth-order valence-corrected chi connectivity index (χ4v) is 3.05. The second kappa shape index (κ2) is 5.69. The van der Waals surface area contributed by atoms with Gasteiger partial charge in [0.1, 0.15) is 6.04 Å². The van der Waals surface area contributed by atoms with E-state index in [4.69, 9.17) is 0 Å². The van der Waals surface area contributed by atoms with E-state index in [1.807, 2.05) is 4.90 Å². The van der Waals surface area contributed by atoms with E-state index >= 15 is 0 Å². The predicted molar refractivity (Wildman–Crippen MR) is 67.3 cm³/mol. The topological polar surface area (TPSA) is 60.9 Å². The number of piperazine rings is 1. The van der Waals surface area contributed by atoms with E-state index in [0.717, 1.165) is 25.7 Å². The maximum atomic E-state index is 11.8. The van der Waals surface area contributed by atoms with Crippen molar-refractivity contribution in [3.05, 3.63) is 0 Å². The Morgan fingerprint density at radius 1 is 1.22 bits per heavy atom. The summed E-state index contributed by atoms with van der Waals surface area (Å²) in [5.74, 6) is -0.768. The van der Waals surface area contributed by atoms with Crippen molar-refractivity contribution in [3.63, 3.8) is 0 Å². The molecule has 1 amide bonds. The molecule has 0 bridgehead atoms. The number of carbonyl (C=O) groups excluding carboxylic acids is 1. The molecule has 1 atom stereocenters. The molecular formula is C13H22N2O3. The van der Waals surface area contributed by atoms with Crippen molar-refractivity contribution >= 4 is 11.9 Å². The standard InChI is InChI=1S/C13H22N2O3/c1-14-8-11(13(17)18)15(9-12(14)16)10-6-4-2-3-5-7-10/h10-11H,2-9H2,1H3,(H,17,18). The molecule has 1 saturated heterocycles. The highest BCUT2D eigenvalue weighted by atomic mass is 16.4. The molecule has 1 aliphatic carbocycles. The molecule has 2 fully saturated rings. The summed E-state index contributed by atoms with van der Waals surface area (Å²) in [6, 6.07) is -0.262. The van der Waals surface area contributed by atoms with Gasteiger partial charge in [0, 0.05) is 19.6 Å². The molecule has 102 valence electrons. The van der Waals surface area contributed by atoms with Gasteiger partial charge in [-0.1, -0.05) is 25.7 Å². The number of aliphatic carboxylic acids is 1. The molecule has 1 aliphatic heterocycles. The zero-order valence-electron chi connectivity index (χ0n) is 11.0. The van der Waals surface area contributed by atoms with Crippen LogP contribution in [-0.2, 0) is 9.59 Å². The Morgan fingerprint density at radius 3 is 2.39 bits per heavy atom. The Morgan fingerprint density at radius 2 is 1.83 bits per heavy atom. The van der Waals surface area contributed by atoms with Crippen LogP contribution in [0.3, 0.4) is 0 Å². The Bertz CT molecular complexity index is 324. The van der Waals surface area contributed by atoms with Gasteiger partial charge in [0.2, 0.25) is 5.91 Å². The molecule has 1 unspecified atom stereocenters. The Labute approximate surface area is 108 Å². The maximum Gasteiger partial charge on any atom is 0.322 e. The molecule has 0 aromatic heterocycles. The van der Waals surface area contributed by atoms with Gasteiger partial charge in [0.25, 0.3) is 0 Å². The second-order valence-corrected chi connectivity index (χ2v) is 5.45. The number of carboxylic acid groups (broad SMARTS) is 1. The number of amides is 1. The average Bonchev–Trinajstić information content (AvgIpc) is 2.60. The van der Waals surface area contributed by atoms with E-state index in [-0.39, 0.29) is 18.5 Å². The summed E-state index contributed by atoms with van der Waals surface area (Å²) in [7, 11) is 1.68. The Kier molecular flexibility index (Phi) is 4.22. The van der Waals surface area contributed by atoms with Gasteiger partial charge in [-0.25, -0.2) is 0 Å². The quantitative estimate of drug-likeness (QED) is 0.745. The van der Waals surface area contributed by atoms with E-state index in [9.17, 15) is 14.7 Å². The van der Waals surface area contributed by atoms with Gasteiger partial charge in [-0.15, -0.1) is 0 Å². The lowest BCUT2D eigenvalue weighted by atomic mass is 10.0. The SMILES string of the molecule is CN1CC(C(=O)O)N(C2CCCCCC2)CC1=O. The van der Waals surface area contributed by atoms with Gasteiger partial charge in [0.15, 0.2) is 0 Å². The number of carbonyl (C=O) groups is 2. The number of hydrogen-bond donors (Lipinski definition) is 1. The van der Waals surface area contributed by atoms with Crippen LogP contribution in [0.5, 0.6) is 0 Å². The first-order valence-electron chi connectivity index (χ1n) is 6.82. The van der Waals surface area contributed by atoms with Crippen LogP contribution < -0.4 is 0 Å². The van der Waals surface area contributed by atoms with Crippen LogP contribution in [0.15, 0.2) is 0 Å². The monoisotopic (exact) mass is 254 g/mol. The van der Waals surface area contributed by atoms with Crippen LogP contribution in [-0.4, -0.2) is 59.0 Å². The second-order valence-electron chi connectivity index (χ2n) is 5.45. The van der Waals surface area contributed by atoms with Crippen molar-refractivity contribution in [3.8, 4) is 0 Å². The summed E-state index contributed by atoms with van der Waals surface area (Å²) in [6.07, 6.45) is 6.82. The molecule has 0 aromatic rings. The smallest absolute Gasteiger partial charge is 0.322 e. The third-order valence-corrected chi connectivity index (χ3v) is 4.17. The van der Waals surface area contributed by atoms with E-state index in [1.165, 1.54) is 17.7 Å². The van der Waals surface area contributed by atoms with Crippen LogP contribution in [0.1, 0.15) is 38.5 Å². The fraction of sp³-hybridized carbons (Fsp3) is 0.846. The minimum Gasteiger partial charge on any atom is -0.480 e. The molecule has 1 saturated carbocycles. The summed E-state index contributed by atoms with van der Waals surface area (Å²) in [6.45, 7) is 0.572. The lowest BCUT2D eigenvalue weighted by Gasteiger charge is -2.41. The van der Waals surface area contributed by atoms with Crippen LogP contribution >= 0.6 is 0 Å². The summed E-state index contributed by atoms with van der Waals surface area (Å²) in [4.78, 5) is 26.6. The molecule has 2 aliphatic rings. The molecule has 1 N–H and O–H groups in total. The first-order chi connectivity index (χ1) is 8.59. The minimum atomic E-state index is -0.807. The van der Waals surface area contributed by atoms with Gasteiger partial charge in [0.05, 0.1) is 6.54 Å². The summed E-state index contributed by atoms with van der Waals surface area (Å²) < 4.78 is 0. The lowest BCUT2D eigenvalue weighted by molar-refractivity contribution is -0.153. The van der Waals surface area contributed by atoms with Crippen LogP contribution in [0, 0.1) is 0 Å². The van der Waals surface area contributed by atoms with Crippen molar-refractivity contribution in [2.75, 3.05) is 20.1 Å². The minimum absolute atomic E-state index is 0.0387. The lowest BCUT2D eigenvalue weighted by Crippen LogP contribution is -2.60. The maximum absolute atomic E-state index is 11.8. The molecule has 0 spiro atoms. The summed E-state index contributed by atoms with van der Waals surface area (Å²) in [5.41, 5.74) is 0. The number of rotatable bonds is 2. The van der Waals surface area contributed by atoms with E-state index in [1.54, 1.807) is 7.05 Å². The first kappa shape index (κ1) is 13.3. The van der Waals surface area contributed by atoms with Crippen LogP contribution in [0.2, 0.25) is 0 Å². The fourth-order valence-electron chi connectivity index (χ4n) is 3.05. The van der Waals surface area contributed by atoms with Crippen LogP contribution in [0.25, 0.3) is 0 Å². The molecular weight excluding hydrogens is 232 g/mol. The van der Waals surface area contributed by atoms with Crippen molar-refractivity contribution in [2.24, 2.45) is 0 Å². The number of hydrogen-bond acceptors (Lipinski definition) is 3. The summed E-state index contributed by atoms with van der Waals surface area (Å²) in [5, 5.41) is 9.33. The normalized spacial score (nSPS) is 28.2. The third kappa shape index (κ3) is 2.83. The molecule has 2 rings (SSSR count). The van der Waals surface area contributed by atoms with Gasteiger partial charge in [-0.2, -0.15) is 0 Å². The van der Waals surface area contributed by atoms with Crippen molar-refractivity contribution in [1.82, 2.24) is 9.80 Å². The molecule has 0 aromatic carbocycles. The largest absolute Gasteiger partial charge is 0.480 e. The van der Waals surface area contributed by atoms with E-state index in [0.29, 0.717) is 6.54 Å². The Balaban J connectivity index is 2.11. The van der Waals surface area contributed by atoms with Gasteiger partial charge < -0.3 is 10.0 Å². The van der Waals surface area contributed by atoms with E-state index in [2.05, 4.69) is 0 Å². The Hall–Kier alpha value is -1.10. The zero-order valence-corrected chi connectivity index (χ0v) is 11.0. The number of likely N-dealkylation sites (N-methyl/N-ethyl adjacent to an activating group) is 1. The molecule has 5 nitrogen and oxygen atoms in total. The molecule has 0 radical (unpaired) electrons. The summed E-state index contributed by atoms with van der Waals surface area (Å²) >= 11 is 0. The molecule has 1 heterocycles. The van der Waals surface area contributed by atoms with Gasteiger partial charge >= 0.3 is 5.97 Å². The van der Waals surface area contributed by atoms with E-state index < -0.39 is 12.0 Å². The highest BCUT2D eigenvalue weighted by molar-refractivity contribution is 5.83. The van der Waals surface area contributed by atoms with Crippen molar-refractivity contribution in [2.45, 2.75) is 50.6 Å².